The molecule has 1 rings (SSSR count). The van der Waals surface area contributed by atoms with Crippen molar-refractivity contribution in [2.45, 2.75) is 6.42 Å². The zero-order valence-electron chi connectivity index (χ0n) is 7.79. The lowest BCUT2D eigenvalue weighted by atomic mass is 10.2. The van der Waals surface area contributed by atoms with E-state index in [-0.39, 0.29) is 0 Å². The van der Waals surface area contributed by atoms with Crippen LogP contribution in [-0.2, 0) is 4.79 Å². The summed E-state index contributed by atoms with van der Waals surface area (Å²) in [4.78, 5) is 9.94. The number of ether oxygens (including phenoxy) is 1. The van der Waals surface area contributed by atoms with Gasteiger partial charge in [-0.3, -0.25) is 4.79 Å². The molecular formula is C11H10ClO2. The lowest BCUT2D eigenvalue weighted by Crippen LogP contribution is -1.84. The average molecular weight is 210 g/mol. The van der Waals surface area contributed by atoms with Crippen LogP contribution >= 0.6 is 11.6 Å². The molecule has 0 fully saturated rings. The molecule has 0 unspecified atom stereocenters. The molecule has 0 heterocycles. The van der Waals surface area contributed by atoms with Crippen molar-refractivity contribution in [3.05, 3.63) is 34.9 Å². The fourth-order valence-electron chi connectivity index (χ4n) is 1.03. The first-order valence-electron chi connectivity index (χ1n) is 4.13. The molecule has 3 heteroatoms. The molecule has 0 aromatic heterocycles. The summed E-state index contributed by atoms with van der Waals surface area (Å²) in [6.45, 7) is 0. The summed E-state index contributed by atoms with van der Waals surface area (Å²) >= 11 is 5.91. The number of allylic oxidation sites excluding steroid dienone is 1. The summed E-state index contributed by atoms with van der Waals surface area (Å²) in [6, 6.07) is 5.43. The first-order valence-corrected chi connectivity index (χ1v) is 4.51. The molecule has 0 N–H and O–H groups in total. The molecule has 0 bridgehead atoms. The van der Waals surface area contributed by atoms with Crippen molar-refractivity contribution in [1.29, 1.82) is 0 Å². The second kappa shape index (κ2) is 5.45. The van der Waals surface area contributed by atoms with Crippen LogP contribution < -0.4 is 4.74 Å². The normalized spacial score (nSPS) is 10.4. The highest BCUT2D eigenvalue weighted by Crippen LogP contribution is 2.25. The van der Waals surface area contributed by atoms with Gasteiger partial charge >= 0.3 is 0 Å². The minimum absolute atomic E-state index is 0.295. The number of hydrogen-bond acceptors (Lipinski definition) is 2. The van der Waals surface area contributed by atoms with Crippen molar-refractivity contribution < 1.29 is 9.53 Å². The maximum Gasteiger partial charge on any atom is 0.202 e. The van der Waals surface area contributed by atoms with Gasteiger partial charge in [-0.1, -0.05) is 29.8 Å². The summed E-state index contributed by atoms with van der Waals surface area (Å²) in [5.74, 6) is 0.644. The number of benzene rings is 1. The Morgan fingerprint density at radius 3 is 2.93 bits per heavy atom. The highest BCUT2D eigenvalue weighted by atomic mass is 35.5. The molecule has 1 aromatic rings. The molecule has 1 radical (unpaired) electrons. The van der Waals surface area contributed by atoms with Gasteiger partial charge in [0.15, 0.2) is 0 Å². The number of hydrogen-bond donors (Lipinski definition) is 0. The van der Waals surface area contributed by atoms with Gasteiger partial charge in [-0.05, 0) is 17.7 Å². The van der Waals surface area contributed by atoms with Crippen molar-refractivity contribution in [1.82, 2.24) is 0 Å². The van der Waals surface area contributed by atoms with Crippen LogP contribution in [0.1, 0.15) is 12.0 Å². The Kier molecular flexibility index (Phi) is 4.20. The van der Waals surface area contributed by atoms with E-state index in [1.165, 1.54) is 0 Å². The van der Waals surface area contributed by atoms with Crippen LogP contribution in [0.3, 0.4) is 0 Å². The van der Waals surface area contributed by atoms with Crippen molar-refractivity contribution in [2.75, 3.05) is 7.11 Å². The lowest BCUT2D eigenvalue weighted by Gasteiger charge is -2.02. The van der Waals surface area contributed by atoms with E-state index in [1.807, 2.05) is 12.1 Å². The zero-order valence-corrected chi connectivity index (χ0v) is 8.54. The number of rotatable bonds is 4. The summed E-state index contributed by atoms with van der Waals surface area (Å²) < 4.78 is 5.01. The van der Waals surface area contributed by atoms with Crippen molar-refractivity contribution in [3.63, 3.8) is 0 Å². The Morgan fingerprint density at radius 2 is 2.36 bits per heavy atom. The fraction of sp³-hybridized carbons (Fsp3) is 0.182. The van der Waals surface area contributed by atoms with E-state index in [2.05, 4.69) is 0 Å². The molecule has 14 heavy (non-hydrogen) atoms. The molecule has 0 amide bonds. The average Bonchev–Trinajstić information content (AvgIpc) is 2.18. The van der Waals surface area contributed by atoms with E-state index in [4.69, 9.17) is 16.3 Å². The minimum atomic E-state index is 0.295. The van der Waals surface area contributed by atoms with Gasteiger partial charge in [0.1, 0.15) is 5.75 Å². The number of carbonyl (C=O) groups excluding carboxylic acids is 1. The molecule has 0 aliphatic heterocycles. The molecule has 73 valence electrons. The van der Waals surface area contributed by atoms with Crippen LogP contribution in [0.5, 0.6) is 5.75 Å². The second-order valence-electron chi connectivity index (χ2n) is 2.64. The summed E-state index contributed by atoms with van der Waals surface area (Å²) in [7, 11) is 1.57. The number of halogens is 1. The van der Waals surface area contributed by atoms with Crippen LogP contribution in [0, 0.1) is 0 Å². The van der Waals surface area contributed by atoms with Gasteiger partial charge in [0.2, 0.25) is 6.29 Å². The Hall–Kier alpha value is -1.28. The van der Waals surface area contributed by atoms with Gasteiger partial charge in [-0.15, -0.1) is 0 Å². The molecule has 0 atom stereocenters. The van der Waals surface area contributed by atoms with Gasteiger partial charge in [0.05, 0.1) is 12.1 Å². The van der Waals surface area contributed by atoms with E-state index in [0.29, 0.717) is 17.2 Å². The minimum Gasteiger partial charge on any atom is -0.495 e. The first-order chi connectivity index (χ1) is 6.77. The molecule has 0 spiro atoms. The number of methoxy groups -OCH3 is 1. The van der Waals surface area contributed by atoms with Crippen LogP contribution in [0.2, 0.25) is 5.02 Å². The Labute approximate surface area is 88.1 Å². The predicted molar refractivity (Wildman–Crippen MR) is 57.3 cm³/mol. The lowest BCUT2D eigenvalue weighted by molar-refractivity contribution is 0.415. The van der Waals surface area contributed by atoms with E-state index in [1.54, 1.807) is 31.6 Å². The molecular weight excluding hydrogens is 200 g/mol. The van der Waals surface area contributed by atoms with Crippen LogP contribution in [-0.4, -0.2) is 13.4 Å². The quantitative estimate of drug-likeness (QED) is 0.762. The Balaban J connectivity index is 2.80. The van der Waals surface area contributed by atoms with Crippen LogP contribution in [0.4, 0.5) is 0 Å². The maximum atomic E-state index is 9.94. The predicted octanol–water partition coefficient (Wildman–Crippen LogP) is 2.86. The smallest absolute Gasteiger partial charge is 0.202 e. The van der Waals surface area contributed by atoms with E-state index >= 15 is 0 Å². The van der Waals surface area contributed by atoms with E-state index < -0.39 is 0 Å². The SMILES string of the molecule is COc1ccc(C=CC[C]=O)cc1Cl. The molecule has 2 nitrogen and oxygen atoms in total. The van der Waals surface area contributed by atoms with Crippen molar-refractivity contribution >= 4 is 24.0 Å². The summed E-state index contributed by atoms with van der Waals surface area (Å²) in [6.07, 6.45) is 5.62. The standard InChI is InChI=1S/C11H10ClO2/c1-14-11-6-5-9(8-10(11)12)4-2-3-7-13/h2,4-6,8H,3H2,1H3. The molecule has 0 aliphatic rings. The van der Waals surface area contributed by atoms with Crippen LogP contribution in [0.15, 0.2) is 24.3 Å². The van der Waals surface area contributed by atoms with Gasteiger partial charge in [-0.25, -0.2) is 0 Å². The largest absolute Gasteiger partial charge is 0.495 e. The highest BCUT2D eigenvalue weighted by molar-refractivity contribution is 6.32. The van der Waals surface area contributed by atoms with E-state index in [0.717, 1.165) is 5.56 Å². The maximum absolute atomic E-state index is 9.94. The van der Waals surface area contributed by atoms with Crippen LogP contribution in [0.25, 0.3) is 6.08 Å². The fourth-order valence-corrected chi connectivity index (χ4v) is 1.30. The molecule has 1 aromatic carbocycles. The van der Waals surface area contributed by atoms with Crippen molar-refractivity contribution in [3.8, 4) is 5.75 Å². The zero-order chi connectivity index (χ0) is 10.4. The highest BCUT2D eigenvalue weighted by Gasteiger charge is 1.98. The molecule has 0 saturated heterocycles. The molecule has 0 aliphatic carbocycles. The van der Waals surface area contributed by atoms with Gasteiger partial charge in [-0.2, -0.15) is 0 Å². The Bertz CT molecular complexity index is 345. The first kappa shape index (κ1) is 10.8. The third-order valence-electron chi connectivity index (χ3n) is 1.69. The topological polar surface area (TPSA) is 26.3 Å². The van der Waals surface area contributed by atoms with Gasteiger partial charge in [0.25, 0.3) is 0 Å². The monoisotopic (exact) mass is 209 g/mol. The Morgan fingerprint density at radius 1 is 1.57 bits per heavy atom. The van der Waals surface area contributed by atoms with Gasteiger partial charge in [0, 0.05) is 6.42 Å². The summed E-state index contributed by atoms with van der Waals surface area (Å²) in [5.41, 5.74) is 0.936. The third-order valence-corrected chi connectivity index (χ3v) is 1.98. The molecule has 0 saturated carbocycles. The third kappa shape index (κ3) is 2.89. The second-order valence-corrected chi connectivity index (χ2v) is 3.05. The van der Waals surface area contributed by atoms with Crippen molar-refractivity contribution in [2.24, 2.45) is 0 Å². The summed E-state index contributed by atoms with van der Waals surface area (Å²) in [5, 5.41) is 0.560. The van der Waals surface area contributed by atoms with Gasteiger partial charge < -0.3 is 4.74 Å². The van der Waals surface area contributed by atoms with E-state index in [9.17, 15) is 4.79 Å².